The first-order valence-electron chi connectivity index (χ1n) is 10.4. The minimum absolute atomic E-state index is 0.0117. The van der Waals surface area contributed by atoms with Crippen LogP contribution in [0.1, 0.15) is 53.5 Å². The highest BCUT2D eigenvalue weighted by Gasteiger charge is 2.21. The molecule has 1 aliphatic heterocycles. The topological polar surface area (TPSA) is 98.3 Å². The molecule has 1 aromatic heterocycles. The summed E-state index contributed by atoms with van der Waals surface area (Å²) in [4.78, 5) is 34.2. The summed E-state index contributed by atoms with van der Waals surface area (Å²) in [6, 6.07) is 10.5. The largest absolute Gasteiger partial charge is 0.383 e. The molecule has 7 nitrogen and oxygen atoms in total. The number of anilines is 1. The number of aliphatic hydroxyl groups excluding tert-OH is 1. The Hall–Kier alpha value is -2.90. The van der Waals surface area contributed by atoms with Crippen molar-refractivity contribution in [3.63, 3.8) is 0 Å². The molecule has 0 aliphatic carbocycles. The lowest BCUT2D eigenvalue weighted by atomic mass is 10.1. The number of hydrogen-bond donors (Lipinski definition) is 3. The van der Waals surface area contributed by atoms with Crippen LogP contribution in [0.25, 0.3) is 11.0 Å². The van der Waals surface area contributed by atoms with Gasteiger partial charge in [-0.05, 0) is 61.7 Å². The van der Waals surface area contributed by atoms with Gasteiger partial charge in [-0.15, -0.1) is 0 Å². The van der Waals surface area contributed by atoms with Crippen LogP contribution in [0.3, 0.4) is 0 Å². The molecule has 31 heavy (non-hydrogen) atoms. The molecule has 8 heteroatoms. The molecule has 2 aromatic carbocycles. The van der Waals surface area contributed by atoms with Crippen LogP contribution in [0.15, 0.2) is 36.4 Å². The highest BCUT2D eigenvalue weighted by atomic mass is 35.5. The third-order valence-electron chi connectivity index (χ3n) is 5.56. The lowest BCUT2D eigenvalue weighted by Gasteiger charge is -2.23. The molecule has 2 heterocycles. The van der Waals surface area contributed by atoms with E-state index in [0.717, 1.165) is 36.0 Å². The van der Waals surface area contributed by atoms with Gasteiger partial charge in [0.05, 0.1) is 17.6 Å². The molecule has 0 radical (unpaired) electrons. The van der Waals surface area contributed by atoms with Gasteiger partial charge in [-0.2, -0.15) is 0 Å². The number of carbonyl (C=O) groups excluding carboxylic acids is 2. The van der Waals surface area contributed by atoms with Crippen LogP contribution in [-0.4, -0.2) is 40.0 Å². The molecule has 1 atom stereocenters. The minimum atomic E-state index is -0.981. The number of halogens is 1. The van der Waals surface area contributed by atoms with Gasteiger partial charge in [-0.25, -0.2) is 4.98 Å². The van der Waals surface area contributed by atoms with Crippen molar-refractivity contribution in [2.75, 3.05) is 18.0 Å². The van der Waals surface area contributed by atoms with Crippen molar-refractivity contribution in [2.24, 2.45) is 0 Å². The van der Waals surface area contributed by atoms with E-state index in [9.17, 15) is 14.7 Å². The van der Waals surface area contributed by atoms with Crippen LogP contribution in [-0.2, 0) is 4.79 Å². The maximum absolute atomic E-state index is 12.6. The molecule has 2 amide bonds. The third-order valence-corrected chi connectivity index (χ3v) is 5.79. The first kappa shape index (κ1) is 21.3. The first-order chi connectivity index (χ1) is 14.9. The number of H-pyrrole nitrogens is 1. The van der Waals surface area contributed by atoms with E-state index in [0.29, 0.717) is 34.9 Å². The van der Waals surface area contributed by atoms with Crippen molar-refractivity contribution in [1.82, 2.24) is 15.3 Å². The smallest absolute Gasteiger partial charge is 0.251 e. The van der Waals surface area contributed by atoms with Gasteiger partial charge < -0.3 is 20.3 Å². The van der Waals surface area contributed by atoms with E-state index in [2.05, 4.69) is 15.3 Å². The Morgan fingerprint density at radius 3 is 2.90 bits per heavy atom. The van der Waals surface area contributed by atoms with E-state index in [4.69, 9.17) is 11.6 Å². The lowest BCUT2D eigenvalue weighted by Crippen LogP contribution is -2.31. The molecule has 1 aliphatic rings. The fourth-order valence-corrected chi connectivity index (χ4v) is 4.06. The van der Waals surface area contributed by atoms with Gasteiger partial charge in [0, 0.05) is 29.2 Å². The second-order valence-corrected chi connectivity index (χ2v) is 8.30. The first-order valence-corrected chi connectivity index (χ1v) is 10.8. The van der Waals surface area contributed by atoms with Crippen LogP contribution in [0.5, 0.6) is 0 Å². The molecule has 1 saturated heterocycles. The van der Waals surface area contributed by atoms with E-state index in [1.165, 1.54) is 0 Å². The van der Waals surface area contributed by atoms with E-state index < -0.39 is 6.10 Å². The zero-order valence-electron chi connectivity index (χ0n) is 17.3. The molecule has 1 fully saturated rings. The van der Waals surface area contributed by atoms with Crippen LogP contribution >= 0.6 is 11.6 Å². The molecular weight excluding hydrogens is 416 g/mol. The molecule has 0 spiro atoms. The number of aromatic nitrogens is 2. The molecule has 0 bridgehead atoms. The Morgan fingerprint density at radius 1 is 1.26 bits per heavy atom. The zero-order chi connectivity index (χ0) is 22.0. The summed E-state index contributed by atoms with van der Waals surface area (Å²) in [5.74, 6) is 0.201. The number of rotatable bonds is 5. The average molecular weight is 441 g/mol. The van der Waals surface area contributed by atoms with Crippen molar-refractivity contribution in [3.8, 4) is 0 Å². The number of carbonyl (C=O) groups is 2. The number of nitrogens with one attached hydrogen (secondary N) is 2. The normalized spacial score (nSPS) is 15.7. The summed E-state index contributed by atoms with van der Waals surface area (Å²) in [6.07, 6.45) is 2.55. The molecule has 0 saturated carbocycles. The van der Waals surface area contributed by atoms with Crippen LogP contribution in [0, 0.1) is 6.92 Å². The molecule has 4 rings (SSSR count). The predicted molar refractivity (Wildman–Crippen MR) is 120 cm³/mol. The van der Waals surface area contributed by atoms with Gasteiger partial charge in [-0.1, -0.05) is 18.0 Å². The summed E-state index contributed by atoms with van der Waals surface area (Å²) in [5, 5.41) is 13.7. The van der Waals surface area contributed by atoms with Gasteiger partial charge >= 0.3 is 0 Å². The number of aryl methyl sites for hydroxylation is 1. The maximum Gasteiger partial charge on any atom is 0.251 e. The van der Waals surface area contributed by atoms with Gasteiger partial charge in [-0.3, -0.25) is 9.59 Å². The predicted octanol–water partition coefficient (Wildman–Crippen LogP) is 3.90. The number of hydrogen-bond acceptors (Lipinski definition) is 4. The highest BCUT2D eigenvalue weighted by molar-refractivity contribution is 6.31. The van der Waals surface area contributed by atoms with E-state index >= 15 is 0 Å². The van der Waals surface area contributed by atoms with E-state index in [1.807, 2.05) is 17.9 Å². The number of benzene rings is 2. The van der Waals surface area contributed by atoms with Crippen molar-refractivity contribution in [1.29, 1.82) is 0 Å². The Morgan fingerprint density at radius 2 is 2.10 bits per heavy atom. The Balaban J connectivity index is 1.42. The van der Waals surface area contributed by atoms with Gasteiger partial charge in [0.1, 0.15) is 11.9 Å². The zero-order valence-corrected chi connectivity index (χ0v) is 18.1. The van der Waals surface area contributed by atoms with Crippen LogP contribution in [0.2, 0.25) is 5.02 Å². The molecule has 3 N–H and O–H groups in total. The van der Waals surface area contributed by atoms with Crippen molar-refractivity contribution < 1.29 is 14.7 Å². The SMILES string of the molecule is Cc1cc(C(=O)NCC(O)c2nc3ccc(Cl)cc3[nH]2)ccc1N1CCCCCC1=O. The average Bonchev–Trinajstić information content (AvgIpc) is 3.06. The van der Waals surface area contributed by atoms with E-state index in [1.54, 1.807) is 30.3 Å². The number of aromatic amines is 1. The monoisotopic (exact) mass is 440 g/mol. The molecule has 3 aromatic rings. The fraction of sp³-hybridized carbons (Fsp3) is 0.348. The number of amides is 2. The van der Waals surface area contributed by atoms with Crippen molar-refractivity contribution in [2.45, 2.75) is 38.7 Å². The third kappa shape index (κ3) is 4.73. The quantitative estimate of drug-likeness (QED) is 0.560. The van der Waals surface area contributed by atoms with Crippen LogP contribution < -0.4 is 10.2 Å². The number of nitrogens with zero attached hydrogens (tertiary/aromatic N) is 2. The highest BCUT2D eigenvalue weighted by Crippen LogP contribution is 2.25. The standard InChI is InChI=1S/C23H25ClN4O3/c1-14-11-15(6-9-19(14)28-10-4-2-3-5-21(28)30)23(31)25-13-20(29)22-26-17-8-7-16(24)12-18(17)27-22/h6-9,11-12,20,29H,2-5,10,13H2,1H3,(H,25,31)(H,26,27). The van der Waals surface area contributed by atoms with Gasteiger partial charge in [0.25, 0.3) is 5.91 Å². The lowest BCUT2D eigenvalue weighted by molar-refractivity contribution is -0.118. The maximum atomic E-state index is 12.6. The second kappa shape index (κ2) is 9.08. The number of imidazole rings is 1. The summed E-state index contributed by atoms with van der Waals surface area (Å²) in [5.41, 5.74) is 3.62. The number of aliphatic hydroxyl groups is 1. The summed E-state index contributed by atoms with van der Waals surface area (Å²) in [6.45, 7) is 2.62. The summed E-state index contributed by atoms with van der Waals surface area (Å²) in [7, 11) is 0. The Bertz CT molecular complexity index is 1130. The van der Waals surface area contributed by atoms with Crippen molar-refractivity contribution in [3.05, 3.63) is 58.4 Å². The molecule has 1 unspecified atom stereocenters. The van der Waals surface area contributed by atoms with Crippen LogP contribution in [0.4, 0.5) is 5.69 Å². The van der Waals surface area contributed by atoms with Gasteiger partial charge in [0.15, 0.2) is 0 Å². The Kier molecular flexibility index (Phi) is 6.25. The Labute approximate surface area is 185 Å². The molecule has 162 valence electrons. The fourth-order valence-electron chi connectivity index (χ4n) is 3.88. The number of fused-ring (bicyclic) bond motifs is 1. The molecular formula is C23H25ClN4O3. The van der Waals surface area contributed by atoms with Crippen molar-refractivity contribution >= 4 is 40.1 Å². The summed E-state index contributed by atoms with van der Waals surface area (Å²) < 4.78 is 0. The summed E-state index contributed by atoms with van der Waals surface area (Å²) >= 11 is 5.98. The van der Waals surface area contributed by atoms with E-state index in [-0.39, 0.29) is 18.4 Å². The van der Waals surface area contributed by atoms with Gasteiger partial charge in [0.2, 0.25) is 5.91 Å². The second-order valence-electron chi connectivity index (χ2n) is 7.87. The minimum Gasteiger partial charge on any atom is -0.383 e.